The fraction of sp³-hybridized carbons (Fsp3) is 0.440. The number of amides is 1. The van der Waals surface area contributed by atoms with Crippen molar-refractivity contribution in [3.05, 3.63) is 66.2 Å². The van der Waals surface area contributed by atoms with Gasteiger partial charge in [-0.1, -0.05) is 48.3 Å². The molecule has 0 bridgehead atoms. The van der Waals surface area contributed by atoms with E-state index in [9.17, 15) is 4.79 Å². The zero-order valence-electron chi connectivity index (χ0n) is 18.2. The van der Waals surface area contributed by atoms with Gasteiger partial charge in [-0.05, 0) is 42.9 Å². The molecule has 2 aliphatic rings. The summed E-state index contributed by atoms with van der Waals surface area (Å²) in [6.07, 6.45) is 8.76. The Morgan fingerprint density at radius 2 is 1.94 bits per heavy atom. The van der Waals surface area contributed by atoms with Gasteiger partial charge in [0.1, 0.15) is 6.61 Å². The average molecular weight is 433 g/mol. The van der Waals surface area contributed by atoms with Crippen LogP contribution in [0.5, 0.6) is 0 Å². The van der Waals surface area contributed by atoms with E-state index in [0.29, 0.717) is 25.6 Å². The molecule has 166 valence electrons. The minimum atomic E-state index is -0.132. The molecule has 1 saturated carbocycles. The molecule has 3 aromatic rings. The molecule has 5 rings (SSSR count). The summed E-state index contributed by atoms with van der Waals surface area (Å²) in [6, 6.07) is 13.7. The number of rotatable bonds is 8. The molecule has 1 saturated heterocycles. The summed E-state index contributed by atoms with van der Waals surface area (Å²) in [6.45, 7) is 1.94. The van der Waals surface area contributed by atoms with Crippen molar-refractivity contribution in [2.45, 2.75) is 44.1 Å². The Kier molecular flexibility index (Phi) is 5.99. The first-order valence-electron chi connectivity index (χ1n) is 11.4. The normalized spacial score (nSPS) is 17.9. The lowest BCUT2D eigenvalue weighted by Gasteiger charge is -2.40. The van der Waals surface area contributed by atoms with Crippen LogP contribution in [0.25, 0.3) is 11.5 Å². The molecule has 3 heterocycles. The van der Waals surface area contributed by atoms with Crippen LogP contribution in [0.15, 0.2) is 59.4 Å². The summed E-state index contributed by atoms with van der Waals surface area (Å²) in [5.74, 6) is 2.06. The first-order valence-corrected chi connectivity index (χ1v) is 11.4. The van der Waals surface area contributed by atoms with E-state index >= 15 is 0 Å². The van der Waals surface area contributed by atoms with Crippen LogP contribution in [-0.2, 0) is 21.6 Å². The number of piperidine rings is 1. The molecule has 0 unspecified atom stereocenters. The highest BCUT2D eigenvalue weighted by Gasteiger charge is 2.44. The Balaban J connectivity index is 1.22. The standard InChI is InChI=1S/C25H28N4O3/c30-22(18-31-17-20-5-2-1-3-6-20)29-13-10-25(11-14-29,15-19-8-9-19)24-27-23(32-28-24)21-7-4-12-26-16-21/h1-7,12,16,19H,8-11,13-15,17-18H2. The number of pyridine rings is 1. The lowest BCUT2D eigenvalue weighted by molar-refractivity contribution is -0.138. The van der Waals surface area contributed by atoms with Gasteiger partial charge in [0.2, 0.25) is 5.91 Å². The minimum Gasteiger partial charge on any atom is -0.367 e. The number of ether oxygens (including phenoxy) is 1. The molecule has 2 fully saturated rings. The van der Waals surface area contributed by atoms with E-state index in [4.69, 9.17) is 14.2 Å². The smallest absolute Gasteiger partial charge is 0.259 e. The molecular weight excluding hydrogens is 404 g/mol. The highest BCUT2D eigenvalue weighted by Crippen LogP contribution is 2.46. The Labute approximate surface area is 187 Å². The Bertz CT molecular complexity index is 1030. The number of hydrogen-bond donors (Lipinski definition) is 0. The third-order valence-electron chi connectivity index (χ3n) is 6.60. The van der Waals surface area contributed by atoms with E-state index in [1.807, 2.05) is 47.4 Å². The number of aromatic nitrogens is 3. The zero-order chi connectivity index (χ0) is 21.8. The molecule has 0 N–H and O–H groups in total. The number of hydrogen-bond acceptors (Lipinski definition) is 6. The molecule has 0 spiro atoms. The predicted molar refractivity (Wildman–Crippen MR) is 118 cm³/mol. The van der Waals surface area contributed by atoms with Crippen molar-refractivity contribution < 1.29 is 14.1 Å². The van der Waals surface area contributed by atoms with Crippen molar-refractivity contribution in [2.75, 3.05) is 19.7 Å². The van der Waals surface area contributed by atoms with Gasteiger partial charge in [0.05, 0.1) is 12.2 Å². The van der Waals surface area contributed by atoms with E-state index in [1.165, 1.54) is 12.8 Å². The maximum absolute atomic E-state index is 12.7. The summed E-state index contributed by atoms with van der Waals surface area (Å²) in [5, 5.41) is 4.38. The van der Waals surface area contributed by atoms with Crippen molar-refractivity contribution in [3.8, 4) is 11.5 Å². The van der Waals surface area contributed by atoms with E-state index in [1.54, 1.807) is 12.4 Å². The molecule has 1 aromatic carbocycles. The van der Waals surface area contributed by atoms with Crippen LogP contribution < -0.4 is 0 Å². The van der Waals surface area contributed by atoms with Gasteiger partial charge < -0.3 is 14.2 Å². The maximum atomic E-state index is 12.7. The second kappa shape index (κ2) is 9.20. The zero-order valence-corrected chi connectivity index (χ0v) is 18.2. The summed E-state index contributed by atoms with van der Waals surface area (Å²) < 4.78 is 11.3. The van der Waals surface area contributed by atoms with Crippen molar-refractivity contribution in [1.29, 1.82) is 0 Å². The second-order valence-electron chi connectivity index (χ2n) is 8.95. The highest BCUT2D eigenvalue weighted by atomic mass is 16.5. The SMILES string of the molecule is O=C(COCc1ccccc1)N1CCC(CC2CC2)(c2noc(-c3cccnc3)n2)CC1. The molecule has 7 nitrogen and oxygen atoms in total. The fourth-order valence-electron chi connectivity index (χ4n) is 4.54. The quantitative estimate of drug-likeness (QED) is 0.535. The third kappa shape index (κ3) is 4.72. The first kappa shape index (κ1) is 20.8. The molecule has 1 aliphatic heterocycles. The summed E-state index contributed by atoms with van der Waals surface area (Å²) >= 11 is 0. The predicted octanol–water partition coefficient (Wildman–Crippen LogP) is 4.01. The maximum Gasteiger partial charge on any atom is 0.259 e. The topological polar surface area (TPSA) is 81.4 Å². The largest absolute Gasteiger partial charge is 0.367 e. The van der Waals surface area contributed by atoms with Crippen LogP contribution in [0.3, 0.4) is 0 Å². The molecule has 0 radical (unpaired) electrons. The third-order valence-corrected chi connectivity index (χ3v) is 6.60. The number of carbonyl (C=O) groups excluding carboxylic acids is 1. The Hall–Kier alpha value is -3.06. The van der Waals surface area contributed by atoms with Gasteiger partial charge in [-0.25, -0.2) is 0 Å². The fourth-order valence-corrected chi connectivity index (χ4v) is 4.54. The van der Waals surface area contributed by atoms with Gasteiger partial charge in [-0.2, -0.15) is 4.98 Å². The Morgan fingerprint density at radius 3 is 2.66 bits per heavy atom. The monoisotopic (exact) mass is 432 g/mol. The summed E-state index contributed by atoms with van der Waals surface area (Å²) in [4.78, 5) is 23.5. The lowest BCUT2D eigenvalue weighted by Crippen LogP contribution is -2.47. The Morgan fingerprint density at radius 1 is 1.12 bits per heavy atom. The molecule has 32 heavy (non-hydrogen) atoms. The lowest BCUT2D eigenvalue weighted by atomic mass is 9.73. The van der Waals surface area contributed by atoms with E-state index in [0.717, 1.165) is 42.1 Å². The molecule has 1 amide bonds. The summed E-state index contributed by atoms with van der Waals surface area (Å²) in [7, 11) is 0. The van der Waals surface area contributed by atoms with E-state index in [2.05, 4.69) is 10.1 Å². The van der Waals surface area contributed by atoms with Crippen LogP contribution in [0.4, 0.5) is 0 Å². The van der Waals surface area contributed by atoms with Gasteiger partial charge in [0, 0.05) is 30.9 Å². The van der Waals surface area contributed by atoms with Gasteiger partial charge in [-0.3, -0.25) is 9.78 Å². The van der Waals surface area contributed by atoms with Crippen LogP contribution in [0.2, 0.25) is 0 Å². The highest BCUT2D eigenvalue weighted by molar-refractivity contribution is 5.77. The number of carbonyl (C=O) groups is 1. The minimum absolute atomic E-state index is 0.0464. The van der Waals surface area contributed by atoms with Crippen LogP contribution in [0.1, 0.15) is 43.5 Å². The van der Waals surface area contributed by atoms with Crippen molar-refractivity contribution in [3.63, 3.8) is 0 Å². The molecule has 2 aromatic heterocycles. The van der Waals surface area contributed by atoms with E-state index in [-0.39, 0.29) is 17.9 Å². The number of benzene rings is 1. The molecule has 0 atom stereocenters. The first-order chi connectivity index (χ1) is 15.7. The van der Waals surface area contributed by atoms with Crippen LogP contribution in [0, 0.1) is 5.92 Å². The molecular formula is C25H28N4O3. The van der Waals surface area contributed by atoms with Gasteiger partial charge in [-0.15, -0.1) is 0 Å². The van der Waals surface area contributed by atoms with Gasteiger partial charge >= 0.3 is 0 Å². The second-order valence-corrected chi connectivity index (χ2v) is 8.95. The number of nitrogens with zero attached hydrogens (tertiary/aromatic N) is 4. The van der Waals surface area contributed by atoms with Crippen molar-refractivity contribution in [2.24, 2.45) is 5.92 Å². The van der Waals surface area contributed by atoms with Crippen molar-refractivity contribution >= 4 is 5.91 Å². The van der Waals surface area contributed by atoms with Crippen LogP contribution >= 0.6 is 0 Å². The van der Waals surface area contributed by atoms with Crippen LogP contribution in [-0.4, -0.2) is 45.6 Å². The molecule has 7 heteroatoms. The molecule has 1 aliphatic carbocycles. The average Bonchev–Trinajstić information content (AvgIpc) is 3.50. The van der Waals surface area contributed by atoms with Gasteiger partial charge in [0.15, 0.2) is 5.82 Å². The van der Waals surface area contributed by atoms with Gasteiger partial charge in [0.25, 0.3) is 5.89 Å². The van der Waals surface area contributed by atoms with Crippen molar-refractivity contribution in [1.82, 2.24) is 20.0 Å². The number of likely N-dealkylation sites (tertiary alicyclic amines) is 1. The van der Waals surface area contributed by atoms with E-state index < -0.39 is 0 Å². The summed E-state index contributed by atoms with van der Waals surface area (Å²) in [5.41, 5.74) is 1.77.